The Hall–Kier alpha value is -1.31. The minimum atomic E-state index is -5.98. The molecule has 0 aliphatic rings. The van der Waals surface area contributed by atoms with E-state index in [4.69, 9.17) is 0 Å². The van der Waals surface area contributed by atoms with Gasteiger partial charge in [0.2, 0.25) is 5.78 Å². The van der Waals surface area contributed by atoms with Crippen LogP contribution in [-0.2, 0) is 4.79 Å². The van der Waals surface area contributed by atoms with Gasteiger partial charge < -0.3 is 0 Å². The molecule has 0 amide bonds. The molecule has 1 nitrogen and oxygen atoms in total. The van der Waals surface area contributed by atoms with Crippen LogP contribution in [0.5, 0.6) is 0 Å². The van der Waals surface area contributed by atoms with Crippen molar-refractivity contribution in [3.63, 3.8) is 0 Å². The second-order valence-corrected chi connectivity index (χ2v) is 4.35. The average Bonchev–Trinajstić information content (AvgIpc) is 2.28. The summed E-state index contributed by atoms with van der Waals surface area (Å²) in [5.41, 5.74) is -0.291. The van der Waals surface area contributed by atoms with Crippen LogP contribution in [0.1, 0.15) is 5.56 Å². The monoisotopic (exact) mass is 346 g/mol. The van der Waals surface area contributed by atoms with Gasteiger partial charge in [-0.25, -0.2) is 4.39 Å². The first kappa shape index (κ1) is 15.7. The maximum atomic E-state index is 13.2. The molecule has 0 bridgehead atoms. The molecule has 0 atom stereocenters. The predicted octanol–water partition coefficient (Wildman–Crippen LogP) is 4.37. The fourth-order valence-corrected chi connectivity index (χ4v) is 1.43. The van der Waals surface area contributed by atoms with Crippen LogP contribution in [-0.4, -0.2) is 17.9 Å². The maximum absolute atomic E-state index is 13.2. The van der Waals surface area contributed by atoms with Gasteiger partial charge in [-0.05, 0) is 30.4 Å². The highest BCUT2D eigenvalue weighted by molar-refractivity contribution is 9.10. The Morgan fingerprint density at radius 2 is 1.74 bits per heavy atom. The van der Waals surface area contributed by atoms with Gasteiger partial charge >= 0.3 is 12.1 Å². The number of benzene rings is 1. The smallest absolute Gasteiger partial charge is 0.288 e. The summed E-state index contributed by atoms with van der Waals surface area (Å²) in [6, 6.07) is 3.40. The van der Waals surface area contributed by atoms with Gasteiger partial charge in [-0.3, -0.25) is 4.79 Å². The van der Waals surface area contributed by atoms with Crippen molar-refractivity contribution in [2.24, 2.45) is 0 Å². The first-order valence-electron chi connectivity index (χ1n) is 4.68. The highest BCUT2D eigenvalue weighted by atomic mass is 79.9. The molecule has 0 fully saturated rings. The van der Waals surface area contributed by atoms with Crippen LogP contribution in [0.15, 0.2) is 28.7 Å². The predicted molar refractivity (Wildman–Crippen MR) is 59.1 cm³/mol. The average molecular weight is 347 g/mol. The first-order valence-corrected chi connectivity index (χ1v) is 5.47. The summed E-state index contributed by atoms with van der Waals surface area (Å²) in [5.74, 6) is -8.81. The van der Waals surface area contributed by atoms with E-state index >= 15 is 0 Å². The molecule has 0 heterocycles. The minimum Gasteiger partial charge on any atom is -0.288 e. The van der Waals surface area contributed by atoms with Gasteiger partial charge in [0, 0.05) is 10.0 Å². The second-order valence-electron chi connectivity index (χ2n) is 3.44. The van der Waals surface area contributed by atoms with E-state index in [1.54, 1.807) is 0 Å². The summed E-state index contributed by atoms with van der Waals surface area (Å²) in [4.78, 5) is 10.8. The SMILES string of the molecule is O=C(/C=C/c1cc(Br)ccc1F)C(F)(F)C(F)(F)F. The number of ketones is 1. The molecule has 0 aromatic heterocycles. The number of carbonyl (C=O) groups excluding carboxylic acids is 1. The van der Waals surface area contributed by atoms with Gasteiger partial charge in [0.05, 0.1) is 0 Å². The number of allylic oxidation sites excluding steroid dienone is 1. The molecular formula is C11H5BrF6O. The van der Waals surface area contributed by atoms with Crippen molar-refractivity contribution >= 4 is 27.8 Å². The minimum absolute atomic E-state index is 0.00164. The van der Waals surface area contributed by atoms with Crippen LogP contribution in [0.4, 0.5) is 26.3 Å². The number of hydrogen-bond acceptors (Lipinski definition) is 1. The zero-order valence-electron chi connectivity index (χ0n) is 8.94. The molecule has 0 radical (unpaired) electrons. The van der Waals surface area contributed by atoms with Gasteiger partial charge in [-0.15, -0.1) is 0 Å². The number of carbonyl (C=O) groups is 1. The van der Waals surface area contributed by atoms with Crippen LogP contribution in [0.25, 0.3) is 6.08 Å². The Morgan fingerprint density at radius 1 is 1.16 bits per heavy atom. The topological polar surface area (TPSA) is 17.1 Å². The molecule has 0 aliphatic carbocycles. The lowest BCUT2D eigenvalue weighted by Gasteiger charge is -2.16. The van der Waals surface area contributed by atoms with Gasteiger partial charge in [-0.1, -0.05) is 15.9 Å². The van der Waals surface area contributed by atoms with Crippen molar-refractivity contribution in [3.05, 3.63) is 40.1 Å². The van der Waals surface area contributed by atoms with Gasteiger partial charge in [-0.2, -0.15) is 22.0 Å². The molecule has 1 rings (SSSR count). The van der Waals surface area contributed by atoms with E-state index in [2.05, 4.69) is 15.9 Å². The summed E-state index contributed by atoms with van der Waals surface area (Å²) in [5, 5.41) is 0. The zero-order valence-corrected chi connectivity index (χ0v) is 10.5. The number of rotatable bonds is 3. The Labute approximate surface area is 112 Å². The van der Waals surface area contributed by atoms with Crippen molar-refractivity contribution < 1.29 is 31.1 Å². The number of halogens is 7. The third kappa shape index (κ3) is 3.59. The van der Waals surface area contributed by atoms with Crippen LogP contribution in [0.3, 0.4) is 0 Å². The molecule has 1 aromatic rings. The van der Waals surface area contributed by atoms with Crippen molar-refractivity contribution in [3.8, 4) is 0 Å². The molecular weight excluding hydrogens is 342 g/mol. The van der Waals surface area contributed by atoms with E-state index < -0.39 is 23.7 Å². The molecule has 0 aliphatic heterocycles. The Kier molecular flexibility index (Phi) is 4.44. The summed E-state index contributed by atoms with van der Waals surface area (Å²) in [7, 11) is 0. The molecule has 8 heteroatoms. The van der Waals surface area contributed by atoms with E-state index in [1.807, 2.05) is 0 Å². The molecule has 0 N–H and O–H groups in total. The second kappa shape index (κ2) is 5.36. The molecule has 19 heavy (non-hydrogen) atoms. The van der Waals surface area contributed by atoms with Crippen molar-refractivity contribution in [2.45, 2.75) is 12.1 Å². The summed E-state index contributed by atoms with van der Waals surface area (Å²) in [6.45, 7) is 0. The summed E-state index contributed by atoms with van der Waals surface area (Å²) < 4.78 is 74.3. The summed E-state index contributed by atoms with van der Waals surface area (Å²) >= 11 is 2.96. The lowest BCUT2D eigenvalue weighted by Crippen LogP contribution is -2.43. The van der Waals surface area contributed by atoms with E-state index in [0.717, 1.165) is 12.1 Å². The lowest BCUT2D eigenvalue weighted by atomic mass is 10.1. The maximum Gasteiger partial charge on any atom is 0.461 e. The fourth-order valence-electron chi connectivity index (χ4n) is 1.05. The van der Waals surface area contributed by atoms with E-state index in [1.165, 1.54) is 6.07 Å². The third-order valence-corrected chi connectivity index (χ3v) is 2.53. The van der Waals surface area contributed by atoms with Crippen LogP contribution in [0.2, 0.25) is 0 Å². The molecule has 104 valence electrons. The third-order valence-electron chi connectivity index (χ3n) is 2.04. The zero-order chi connectivity index (χ0) is 14.8. The summed E-state index contributed by atoms with van der Waals surface area (Å²) in [6.07, 6.45) is -5.43. The normalized spacial score (nSPS) is 13.0. The largest absolute Gasteiger partial charge is 0.461 e. The molecule has 0 spiro atoms. The molecule has 0 saturated carbocycles. The molecule has 1 aromatic carbocycles. The van der Waals surface area contributed by atoms with Crippen LogP contribution in [0, 0.1) is 5.82 Å². The van der Waals surface area contributed by atoms with Crippen molar-refractivity contribution in [2.75, 3.05) is 0 Å². The number of alkyl halides is 5. The lowest BCUT2D eigenvalue weighted by molar-refractivity contribution is -0.266. The van der Waals surface area contributed by atoms with Crippen LogP contribution < -0.4 is 0 Å². The highest BCUT2D eigenvalue weighted by Crippen LogP contribution is 2.36. The number of hydrogen-bond donors (Lipinski definition) is 0. The Balaban J connectivity index is 3.00. The Bertz CT molecular complexity index is 520. The molecule has 0 unspecified atom stereocenters. The Morgan fingerprint density at radius 3 is 2.26 bits per heavy atom. The van der Waals surface area contributed by atoms with E-state index in [0.29, 0.717) is 10.5 Å². The standard InChI is InChI=1S/C11H5BrF6O/c12-7-2-3-8(13)6(5-7)1-4-9(19)10(14,15)11(16,17)18/h1-5H/b4-1+. The van der Waals surface area contributed by atoms with E-state index in [9.17, 15) is 31.1 Å². The van der Waals surface area contributed by atoms with Crippen molar-refractivity contribution in [1.29, 1.82) is 0 Å². The van der Waals surface area contributed by atoms with Crippen molar-refractivity contribution in [1.82, 2.24) is 0 Å². The van der Waals surface area contributed by atoms with Gasteiger partial charge in [0.1, 0.15) is 5.82 Å². The molecule has 0 saturated heterocycles. The van der Waals surface area contributed by atoms with E-state index in [-0.39, 0.29) is 11.6 Å². The van der Waals surface area contributed by atoms with Crippen LogP contribution >= 0.6 is 15.9 Å². The fraction of sp³-hybridized carbons (Fsp3) is 0.182. The van der Waals surface area contributed by atoms with Gasteiger partial charge in [0.25, 0.3) is 0 Å². The van der Waals surface area contributed by atoms with Gasteiger partial charge in [0.15, 0.2) is 0 Å². The highest BCUT2D eigenvalue weighted by Gasteiger charge is 2.62. The first-order chi connectivity index (χ1) is 8.55. The quantitative estimate of drug-likeness (QED) is 0.586.